The van der Waals surface area contributed by atoms with Gasteiger partial charge in [-0.3, -0.25) is 13.9 Å². The maximum absolute atomic E-state index is 14.5. The lowest BCUT2D eigenvalue weighted by Crippen LogP contribution is -2.30. The number of hydrogen-bond donors (Lipinski definition) is 1. The lowest BCUT2D eigenvalue weighted by atomic mass is 10.2. The highest BCUT2D eigenvalue weighted by atomic mass is 31.2. The number of benzene rings is 2. The van der Waals surface area contributed by atoms with Crippen LogP contribution in [0.15, 0.2) is 66.0 Å². The topological polar surface area (TPSA) is 90.7 Å². The van der Waals surface area contributed by atoms with Gasteiger partial charge in [0.15, 0.2) is 6.79 Å². The molecule has 0 bridgehead atoms. The first kappa shape index (κ1) is 21.8. The zero-order valence-electron chi connectivity index (χ0n) is 16.0. The third-order valence-corrected chi connectivity index (χ3v) is 5.84. The first-order chi connectivity index (χ1) is 14.1. The smallest absolute Gasteiger partial charge is 0.400 e. The molecule has 0 amide bonds. The Labute approximate surface area is 170 Å². The van der Waals surface area contributed by atoms with Gasteiger partial charge in [-0.2, -0.15) is 8.78 Å². The molecule has 3 rings (SSSR count). The van der Waals surface area contributed by atoms with E-state index >= 15 is 0 Å². The largest absolute Gasteiger partial charge is 0.467 e. The fourth-order valence-corrected chi connectivity index (χ4v) is 3.46. The third-order valence-electron chi connectivity index (χ3n) is 4.40. The molecule has 1 atom stereocenters. The molecule has 1 heterocycles. The maximum Gasteiger partial charge on any atom is 0.400 e. The summed E-state index contributed by atoms with van der Waals surface area (Å²) in [6.07, 6.45) is -1.36. The van der Waals surface area contributed by atoms with Crippen LogP contribution in [0.2, 0.25) is 0 Å². The number of ether oxygens (including phenoxy) is 1. The number of halogens is 2. The van der Waals surface area contributed by atoms with Crippen LogP contribution in [0.25, 0.3) is 16.8 Å². The van der Waals surface area contributed by atoms with Gasteiger partial charge in [-0.25, -0.2) is 4.98 Å². The second kappa shape index (κ2) is 8.47. The van der Waals surface area contributed by atoms with E-state index < -0.39 is 37.7 Å². The van der Waals surface area contributed by atoms with Gasteiger partial charge >= 0.3 is 13.3 Å². The van der Waals surface area contributed by atoms with E-state index in [0.29, 0.717) is 16.6 Å². The minimum Gasteiger partial charge on any atom is -0.467 e. The van der Waals surface area contributed by atoms with Crippen LogP contribution in [0.3, 0.4) is 0 Å². The second-order valence-electron chi connectivity index (χ2n) is 6.45. The molecule has 0 aliphatic heterocycles. The monoisotopic (exact) mass is 436 g/mol. The highest BCUT2D eigenvalue weighted by Crippen LogP contribution is 2.58. The van der Waals surface area contributed by atoms with Crippen molar-refractivity contribution in [3.63, 3.8) is 0 Å². The van der Waals surface area contributed by atoms with E-state index in [9.17, 15) is 23.0 Å². The Bertz CT molecular complexity index is 1180. The summed E-state index contributed by atoms with van der Waals surface area (Å²) in [5.41, 5.74) is -4.28. The quantitative estimate of drug-likeness (QED) is 0.327. The number of rotatable bonds is 8. The molecular formula is C20H19F2N2O5P. The summed E-state index contributed by atoms with van der Waals surface area (Å²) in [6.45, 7) is 2.69. The average molecular weight is 436 g/mol. The van der Waals surface area contributed by atoms with Gasteiger partial charge in [0.25, 0.3) is 5.56 Å². The van der Waals surface area contributed by atoms with Crippen molar-refractivity contribution in [3.05, 3.63) is 82.8 Å². The fraction of sp³-hybridized carbons (Fsp3) is 0.200. The second-order valence-corrected chi connectivity index (χ2v) is 8.41. The van der Waals surface area contributed by atoms with Crippen LogP contribution < -0.4 is 5.56 Å². The molecule has 0 aliphatic carbocycles. The molecule has 3 aromatic rings. The summed E-state index contributed by atoms with van der Waals surface area (Å²) in [5.74, 6) is 0.0870. The summed E-state index contributed by atoms with van der Waals surface area (Å²) in [5, 5.41) is 0. The lowest BCUT2D eigenvalue weighted by molar-refractivity contribution is 0.0171. The van der Waals surface area contributed by atoms with E-state index in [-0.39, 0.29) is 5.76 Å². The molecule has 0 saturated carbocycles. The van der Waals surface area contributed by atoms with Crippen molar-refractivity contribution in [2.45, 2.75) is 12.1 Å². The number of aromatic nitrogens is 2. The molecule has 2 aromatic carbocycles. The molecular weight excluding hydrogens is 417 g/mol. The molecule has 0 fully saturated rings. The minimum atomic E-state index is -5.49. The highest BCUT2D eigenvalue weighted by Gasteiger charge is 2.52. The van der Waals surface area contributed by atoms with Crippen molar-refractivity contribution in [3.8, 4) is 0 Å². The Balaban J connectivity index is 1.73. The van der Waals surface area contributed by atoms with Crippen molar-refractivity contribution in [2.75, 3.05) is 6.79 Å². The molecule has 0 spiro atoms. The van der Waals surface area contributed by atoms with Crippen LogP contribution in [0, 0.1) is 0 Å². The van der Waals surface area contributed by atoms with Gasteiger partial charge in [0.2, 0.25) is 0 Å². The maximum atomic E-state index is 14.5. The average Bonchev–Trinajstić information content (AvgIpc) is 2.72. The van der Waals surface area contributed by atoms with Gasteiger partial charge in [0.1, 0.15) is 11.5 Å². The Hall–Kier alpha value is -2.87. The summed E-state index contributed by atoms with van der Waals surface area (Å²) in [4.78, 5) is 26.1. The molecule has 10 heteroatoms. The van der Waals surface area contributed by atoms with Gasteiger partial charge in [-0.15, -0.1) is 0 Å². The predicted octanol–water partition coefficient (Wildman–Crippen LogP) is 3.92. The Morgan fingerprint density at radius 2 is 1.83 bits per heavy atom. The van der Waals surface area contributed by atoms with Crippen molar-refractivity contribution in [1.82, 2.24) is 9.55 Å². The third kappa shape index (κ3) is 4.48. The first-order valence-corrected chi connectivity index (χ1v) is 10.4. The van der Waals surface area contributed by atoms with Crippen LogP contribution in [-0.2, 0) is 27.3 Å². The van der Waals surface area contributed by atoms with Crippen LogP contribution in [0.4, 0.5) is 8.78 Å². The minimum absolute atomic E-state index is 0.0870. The number of aryl methyl sites for hydroxylation is 1. The molecule has 1 unspecified atom stereocenters. The molecule has 0 saturated heterocycles. The van der Waals surface area contributed by atoms with Gasteiger partial charge < -0.3 is 14.2 Å². The molecule has 30 heavy (non-hydrogen) atoms. The van der Waals surface area contributed by atoms with E-state index in [1.54, 1.807) is 54.6 Å². The van der Waals surface area contributed by atoms with E-state index in [1.165, 1.54) is 7.05 Å². The number of fused-ring (bicyclic) bond motifs is 1. The van der Waals surface area contributed by atoms with Crippen molar-refractivity contribution in [2.24, 2.45) is 7.05 Å². The van der Waals surface area contributed by atoms with Gasteiger partial charge in [0.05, 0.1) is 17.5 Å². The van der Waals surface area contributed by atoms with E-state index in [4.69, 9.17) is 4.74 Å². The van der Waals surface area contributed by atoms with Crippen molar-refractivity contribution >= 4 is 24.4 Å². The van der Waals surface area contributed by atoms with Crippen LogP contribution in [-0.4, -0.2) is 26.9 Å². The zero-order chi connectivity index (χ0) is 21.9. The number of para-hydroxylation sites is 2. The van der Waals surface area contributed by atoms with Crippen LogP contribution >= 0.6 is 7.60 Å². The molecule has 7 nitrogen and oxygen atoms in total. The standard InChI is InChI=1S/C20H19F2N2O5P/c1-14(15-8-4-3-5-9-15)28-13-29-30(26,27)20(21,22)12-17-19(25)24(2)18-11-7-6-10-16(18)23-17/h3-11H,1,12-13H2,2H3,(H,26,27). The lowest BCUT2D eigenvalue weighted by Gasteiger charge is -2.22. The SMILES string of the molecule is C=C(OCOP(=O)(O)C(F)(F)Cc1nc2ccccc2n(C)c1=O)c1ccccc1. The van der Waals surface area contributed by atoms with Gasteiger partial charge in [-0.05, 0) is 12.1 Å². The number of alkyl halides is 2. The highest BCUT2D eigenvalue weighted by molar-refractivity contribution is 7.54. The summed E-state index contributed by atoms with van der Waals surface area (Å²) in [7, 11) is -4.08. The van der Waals surface area contributed by atoms with E-state index in [0.717, 1.165) is 4.57 Å². The number of hydrogen-bond acceptors (Lipinski definition) is 5. The summed E-state index contributed by atoms with van der Waals surface area (Å²) < 4.78 is 51.9. The normalized spacial score (nSPS) is 13.7. The fourth-order valence-electron chi connectivity index (χ4n) is 2.73. The molecule has 158 valence electrons. The Morgan fingerprint density at radius 3 is 2.53 bits per heavy atom. The van der Waals surface area contributed by atoms with Crippen molar-refractivity contribution in [1.29, 1.82) is 0 Å². The summed E-state index contributed by atoms with van der Waals surface area (Å²) >= 11 is 0. The first-order valence-electron chi connectivity index (χ1n) is 8.79. The Kier molecular flexibility index (Phi) is 6.17. The predicted molar refractivity (Wildman–Crippen MR) is 108 cm³/mol. The Morgan fingerprint density at radius 1 is 1.20 bits per heavy atom. The van der Waals surface area contributed by atoms with Crippen LogP contribution in [0.1, 0.15) is 11.3 Å². The van der Waals surface area contributed by atoms with Gasteiger partial charge in [0, 0.05) is 12.6 Å². The van der Waals surface area contributed by atoms with Crippen LogP contribution in [0.5, 0.6) is 0 Å². The van der Waals surface area contributed by atoms with E-state index in [2.05, 4.69) is 16.1 Å². The van der Waals surface area contributed by atoms with Gasteiger partial charge in [-0.1, -0.05) is 49.0 Å². The zero-order valence-corrected chi connectivity index (χ0v) is 16.9. The molecule has 1 N–H and O–H groups in total. The molecule has 0 radical (unpaired) electrons. The number of nitrogens with zero attached hydrogens (tertiary/aromatic N) is 2. The van der Waals surface area contributed by atoms with E-state index in [1.807, 2.05) is 0 Å². The summed E-state index contributed by atoms with van der Waals surface area (Å²) in [6, 6.07) is 15.0. The molecule has 0 aliphatic rings. The van der Waals surface area contributed by atoms with Crippen molar-refractivity contribution < 1.29 is 27.5 Å². The molecule has 1 aromatic heterocycles.